The second-order valence-electron chi connectivity index (χ2n) is 6.30. The summed E-state index contributed by atoms with van der Waals surface area (Å²) in [6, 6.07) is 0. The average molecular weight is 209 g/mol. The van der Waals surface area contributed by atoms with E-state index in [-0.39, 0.29) is 5.54 Å². The van der Waals surface area contributed by atoms with Gasteiger partial charge in [-0.25, -0.2) is 0 Å². The van der Waals surface area contributed by atoms with Gasteiger partial charge in [-0.3, -0.25) is 0 Å². The molecule has 1 nitrogen and oxygen atoms in total. The fourth-order valence-corrected chi connectivity index (χ4v) is 3.80. The molecule has 0 aromatic heterocycles. The van der Waals surface area contributed by atoms with Crippen molar-refractivity contribution in [3.05, 3.63) is 0 Å². The fraction of sp³-hybridized carbons (Fsp3) is 1.00. The zero-order valence-electron chi connectivity index (χ0n) is 10.5. The molecule has 15 heavy (non-hydrogen) atoms. The van der Waals surface area contributed by atoms with Gasteiger partial charge in [0.15, 0.2) is 0 Å². The van der Waals surface area contributed by atoms with Crippen molar-refractivity contribution in [1.82, 2.24) is 0 Å². The fourth-order valence-electron chi connectivity index (χ4n) is 3.80. The van der Waals surface area contributed by atoms with Gasteiger partial charge in [0.25, 0.3) is 0 Å². The molecule has 2 aliphatic carbocycles. The zero-order chi connectivity index (χ0) is 10.9. The van der Waals surface area contributed by atoms with Gasteiger partial charge in [0.05, 0.1) is 0 Å². The molecule has 0 bridgehead atoms. The Morgan fingerprint density at radius 3 is 2.00 bits per heavy atom. The minimum atomic E-state index is 0.238. The lowest BCUT2D eigenvalue weighted by Crippen LogP contribution is -2.46. The Kier molecular flexibility index (Phi) is 3.39. The van der Waals surface area contributed by atoms with Gasteiger partial charge in [0, 0.05) is 5.54 Å². The van der Waals surface area contributed by atoms with Crippen LogP contribution in [0.5, 0.6) is 0 Å². The molecule has 2 rings (SSSR count). The van der Waals surface area contributed by atoms with E-state index in [2.05, 4.69) is 13.8 Å². The standard InChI is InChI=1S/C14H27N/c1-11(2)12-5-7-13(8-6-12)14(15)9-3-4-10-14/h11-13H,3-10,15H2,1-2H3. The van der Waals surface area contributed by atoms with E-state index in [1.807, 2.05) is 0 Å². The van der Waals surface area contributed by atoms with E-state index in [0.717, 1.165) is 17.8 Å². The van der Waals surface area contributed by atoms with Crippen LogP contribution in [0.3, 0.4) is 0 Å². The van der Waals surface area contributed by atoms with Gasteiger partial charge in [0.2, 0.25) is 0 Å². The van der Waals surface area contributed by atoms with E-state index in [0.29, 0.717) is 0 Å². The molecular weight excluding hydrogens is 182 g/mol. The van der Waals surface area contributed by atoms with Crippen LogP contribution < -0.4 is 5.73 Å². The minimum absolute atomic E-state index is 0.238. The number of rotatable bonds is 2. The quantitative estimate of drug-likeness (QED) is 0.737. The highest BCUT2D eigenvalue weighted by molar-refractivity contribution is 4.97. The maximum atomic E-state index is 6.56. The second kappa shape index (κ2) is 4.45. The molecule has 0 amide bonds. The predicted molar refractivity (Wildman–Crippen MR) is 65.7 cm³/mol. The van der Waals surface area contributed by atoms with E-state index in [1.54, 1.807) is 0 Å². The van der Waals surface area contributed by atoms with E-state index >= 15 is 0 Å². The van der Waals surface area contributed by atoms with Crippen LogP contribution in [0.15, 0.2) is 0 Å². The monoisotopic (exact) mass is 209 g/mol. The Morgan fingerprint density at radius 1 is 1.00 bits per heavy atom. The van der Waals surface area contributed by atoms with Gasteiger partial charge in [-0.2, -0.15) is 0 Å². The SMILES string of the molecule is CC(C)C1CCC(C2(N)CCCC2)CC1. The Balaban J connectivity index is 1.87. The van der Waals surface area contributed by atoms with Crippen LogP contribution in [0.1, 0.15) is 65.2 Å². The zero-order valence-corrected chi connectivity index (χ0v) is 10.5. The molecule has 0 heterocycles. The van der Waals surface area contributed by atoms with E-state index in [9.17, 15) is 0 Å². The third-order valence-corrected chi connectivity index (χ3v) is 5.06. The summed E-state index contributed by atoms with van der Waals surface area (Å²) in [6.45, 7) is 4.75. The molecule has 2 fully saturated rings. The summed E-state index contributed by atoms with van der Waals surface area (Å²) in [5, 5.41) is 0. The first kappa shape index (κ1) is 11.4. The first-order valence-electron chi connectivity index (χ1n) is 6.91. The van der Waals surface area contributed by atoms with Gasteiger partial charge in [-0.05, 0) is 56.3 Å². The maximum Gasteiger partial charge on any atom is 0.0182 e. The number of hydrogen-bond donors (Lipinski definition) is 1. The lowest BCUT2D eigenvalue weighted by Gasteiger charge is -2.40. The molecule has 0 unspecified atom stereocenters. The Labute approximate surface area is 94.8 Å². The van der Waals surface area contributed by atoms with E-state index in [4.69, 9.17) is 5.73 Å². The van der Waals surface area contributed by atoms with Gasteiger partial charge in [-0.1, -0.05) is 26.7 Å². The first-order chi connectivity index (χ1) is 7.12. The summed E-state index contributed by atoms with van der Waals surface area (Å²) >= 11 is 0. The van der Waals surface area contributed by atoms with Gasteiger partial charge in [0.1, 0.15) is 0 Å². The topological polar surface area (TPSA) is 26.0 Å². The summed E-state index contributed by atoms with van der Waals surface area (Å²) < 4.78 is 0. The Morgan fingerprint density at radius 2 is 1.53 bits per heavy atom. The lowest BCUT2D eigenvalue weighted by molar-refractivity contribution is 0.153. The molecule has 88 valence electrons. The Bertz CT molecular complexity index is 195. The summed E-state index contributed by atoms with van der Waals surface area (Å²) in [5.74, 6) is 2.70. The van der Waals surface area contributed by atoms with Crippen molar-refractivity contribution in [2.24, 2.45) is 23.5 Å². The highest BCUT2D eigenvalue weighted by Gasteiger charge is 2.39. The first-order valence-corrected chi connectivity index (χ1v) is 6.91. The summed E-state index contributed by atoms with van der Waals surface area (Å²) in [6.07, 6.45) is 11.0. The smallest absolute Gasteiger partial charge is 0.0182 e. The molecule has 0 radical (unpaired) electrons. The van der Waals surface area contributed by atoms with Crippen LogP contribution in [-0.2, 0) is 0 Å². The van der Waals surface area contributed by atoms with Crippen LogP contribution in [-0.4, -0.2) is 5.54 Å². The van der Waals surface area contributed by atoms with Crippen molar-refractivity contribution in [3.8, 4) is 0 Å². The minimum Gasteiger partial charge on any atom is -0.325 e. The molecule has 2 saturated carbocycles. The molecule has 0 atom stereocenters. The van der Waals surface area contributed by atoms with Crippen molar-refractivity contribution in [2.75, 3.05) is 0 Å². The number of nitrogens with two attached hydrogens (primary N) is 1. The van der Waals surface area contributed by atoms with Crippen LogP contribution in [0.25, 0.3) is 0 Å². The maximum absolute atomic E-state index is 6.56. The predicted octanol–water partition coefficient (Wildman–Crippen LogP) is 3.72. The van der Waals surface area contributed by atoms with Crippen molar-refractivity contribution < 1.29 is 0 Å². The molecule has 0 aromatic rings. The summed E-state index contributed by atoms with van der Waals surface area (Å²) in [5.41, 5.74) is 6.79. The third kappa shape index (κ3) is 2.38. The van der Waals surface area contributed by atoms with Gasteiger partial charge >= 0.3 is 0 Å². The van der Waals surface area contributed by atoms with Gasteiger partial charge in [-0.15, -0.1) is 0 Å². The van der Waals surface area contributed by atoms with Crippen LogP contribution in [0.4, 0.5) is 0 Å². The molecule has 2 aliphatic rings. The van der Waals surface area contributed by atoms with Crippen molar-refractivity contribution in [3.63, 3.8) is 0 Å². The Hall–Kier alpha value is -0.0400. The van der Waals surface area contributed by atoms with E-state index in [1.165, 1.54) is 51.4 Å². The average Bonchev–Trinajstić information content (AvgIpc) is 2.67. The van der Waals surface area contributed by atoms with Crippen LogP contribution in [0, 0.1) is 17.8 Å². The molecule has 2 N–H and O–H groups in total. The van der Waals surface area contributed by atoms with Crippen molar-refractivity contribution in [1.29, 1.82) is 0 Å². The highest BCUT2D eigenvalue weighted by Crippen LogP contribution is 2.43. The largest absolute Gasteiger partial charge is 0.325 e. The molecule has 0 saturated heterocycles. The summed E-state index contributed by atoms with van der Waals surface area (Å²) in [4.78, 5) is 0. The second-order valence-corrected chi connectivity index (χ2v) is 6.30. The lowest BCUT2D eigenvalue weighted by atomic mass is 9.69. The highest BCUT2D eigenvalue weighted by atomic mass is 14.8. The van der Waals surface area contributed by atoms with Crippen LogP contribution in [0.2, 0.25) is 0 Å². The molecule has 0 aliphatic heterocycles. The third-order valence-electron chi connectivity index (χ3n) is 5.06. The number of hydrogen-bond acceptors (Lipinski definition) is 1. The molecule has 0 spiro atoms. The van der Waals surface area contributed by atoms with Crippen molar-refractivity contribution in [2.45, 2.75) is 70.8 Å². The molecule has 0 aromatic carbocycles. The molecule has 1 heteroatoms. The van der Waals surface area contributed by atoms with Crippen molar-refractivity contribution >= 4 is 0 Å². The van der Waals surface area contributed by atoms with E-state index < -0.39 is 0 Å². The normalized spacial score (nSPS) is 36.0. The van der Waals surface area contributed by atoms with Crippen LogP contribution >= 0.6 is 0 Å². The van der Waals surface area contributed by atoms with Gasteiger partial charge < -0.3 is 5.73 Å². The summed E-state index contributed by atoms with van der Waals surface area (Å²) in [7, 11) is 0. The molecular formula is C14H27N.